The largest absolute Gasteiger partial charge is 0.497 e. The van der Waals surface area contributed by atoms with Crippen LogP contribution in [0.5, 0.6) is 5.75 Å². The first-order valence-electron chi connectivity index (χ1n) is 6.69. The van der Waals surface area contributed by atoms with Gasteiger partial charge in [0.15, 0.2) is 0 Å². The van der Waals surface area contributed by atoms with E-state index in [2.05, 4.69) is 15.6 Å². The van der Waals surface area contributed by atoms with Gasteiger partial charge in [-0.15, -0.1) is 0 Å². The first-order valence-corrected chi connectivity index (χ1v) is 6.69. The molecule has 2 aromatic rings. The SMILES string of the molecule is CNc1cc(C)ncc1C(=O)NCc1ccc(OC)cc1. The Balaban J connectivity index is 2.04. The van der Waals surface area contributed by atoms with Gasteiger partial charge in [0.05, 0.1) is 18.4 Å². The minimum atomic E-state index is -0.150. The Morgan fingerprint density at radius 1 is 1.29 bits per heavy atom. The topological polar surface area (TPSA) is 63.2 Å². The number of nitrogens with one attached hydrogen (secondary N) is 2. The zero-order valence-electron chi connectivity index (χ0n) is 12.4. The van der Waals surface area contributed by atoms with Crippen LogP contribution in [0, 0.1) is 6.92 Å². The molecule has 110 valence electrons. The van der Waals surface area contributed by atoms with Crippen LogP contribution < -0.4 is 15.4 Å². The van der Waals surface area contributed by atoms with Gasteiger partial charge in [-0.05, 0) is 30.7 Å². The summed E-state index contributed by atoms with van der Waals surface area (Å²) < 4.78 is 5.10. The summed E-state index contributed by atoms with van der Waals surface area (Å²) in [5.74, 6) is 0.646. The van der Waals surface area contributed by atoms with E-state index in [1.54, 1.807) is 20.4 Å². The molecule has 2 N–H and O–H groups in total. The van der Waals surface area contributed by atoms with Gasteiger partial charge in [0.2, 0.25) is 0 Å². The molecule has 1 aromatic heterocycles. The molecule has 0 radical (unpaired) electrons. The maximum Gasteiger partial charge on any atom is 0.255 e. The number of hydrogen-bond donors (Lipinski definition) is 2. The van der Waals surface area contributed by atoms with Crippen molar-refractivity contribution in [2.24, 2.45) is 0 Å². The Labute approximate surface area is 124 Å². The fourth-order valence-corrected chi connectivity index (χ4v) is 1.97. The summed E-state index contributed by atoms with van der Waals surface area (Å²) in [7, 11) is 3.41. The summed E-state index contributed by atoms with van der Waals surface area (Å²) >= 11 is 0. The van der Waals surface area contributed by atoms with Crippen LogP contribution in [-0.4, -0.2) is 25.0 Å². The van der Waals surface area contributed by atoms with Crippen molar-refractivity contribution >= 4 is 11.6 Å². The molecule has 1 amide bonds. The van der Waals surface area contributed by atoms with E-state index >= 15 is 0 Å². The number of aromatic nitrogens is 1. The molecule has 0 unspecified atom stereocenters. The Kier molecular flexibility index (Phi) is 4.77. The van der Waals surface area contributed by atoms with E-state index in [4.69, 9.17) is 4.74 Å². The molecule has 0 aliphatic heterocycles. The zero-order chi connectivity index (χ0) is 15.2. The molecule has 5 nitrogen and oxygen atoms in total. The van der Waals surface area contributed by atoms with Gasteiger partial charge in [-0.3, -0.25) is 9.78 Å². The number of carbonyl (C=O) groups is 1. The lowest BCUT2D eigenvalue weighted by Gasteiger charge is -2.10. The average Bonchev–Trinajstić information content (AvgIpc) is 2.52. The number of ether oxygens (including phenoxy) is 1. The van der Waals surface area contributed by atoms with Crippen LogP contribution in [0.15, 0.2) is 36.5 Å². The number of amides is 1. The molecule has 5 heteroatoms. The van der Waals surface area contributed by atoms with Crippen molar-refractivity contribution in [2.45, 2.75) is 13.5 Å². The third kappa shape index (κ3) is 3.72. The molecule has 0 bridgehead atoms. The normalized spacial score (nSPS) is 10.0. The van der Waals surface area contributed by atoms with E-state index in [1.165, 1.54) is 0 Å². The predicted molar refractivity (Wildman–Crippen MR) is 82.7 cm³/mol. The van der Waals surface area contributed by atoms with E-state index in [1.807, 2.05) is 37.3 Å². The summed E-state index contributed by atoms with van der Waals surface area (Å²) in [5.41, 5.74) is 3.19. The number of carbonyl (C=O) groups excluding carboxylic acids is 1. The molecule has 21 heavy (non-hydrogen) atoms. The fraction of sp³-hybridized carbons (Fsp3) is 0.250. The number of anilines is 1. The van der Waals surface area contributed by atoms with Crippen LogP contribution in [0.4, 0.5) is 5.69 Å². The van der Waals surface area contributed by atoms with Gasteiger partial charge in [-0.25, -0.2) is 0 Å². The van der Waals surface area contributed by atoms with Gasteiger partial charge in [-0.2, -0.15) is 0 Å². The number of hydrogen-bond acceptors (Lipinski definition) is 4. The van der Waals surface area contributed by atoms with Crippen molar-refractivity contribution in [2.75, 3.05) is 19.5 Å². The number of methoxy groups -OCH3 is 1. The Morgan fingerprint density at radius 2 is 2.00 bits per heavy atom. The smallest absolute Gasteiger partial charge is 0.255 e. The maximum atomic E-state index is 12.2. The molecular weight excluding hydrogens is 266 g/mol. The number of aryl methyl sites for hydroxylation is 1. The van der Waals surface area contributed by atoms with Crippen molar-refractivity contribution in [1.29, 1.82) is 0 Å². The molecular formula is C16H19N3O2. The van der Waals surface area contributed by atoms with Gasteiger partial charge >= 0.3 is 0 Å². The highest BCUT2D eigenvalue weighted by Crippen LogP contribution is 2.15. The Hall–Kier alpha value is -2.56. The lowest BCUT2D eigenvalue weighted by Crippen LogP contribution is -2.24. The monoisotopic (exact) mass is 285 g/mol. The maximum absolute atomic E-state index is 12.2. The van der Waals surface area contributed by atoms with Crippen molar-refractivity contribution in [3.05, 3.63) is 53.3 Å². The molecule has 1 heterocycles. The molecule has 0 aliphatic rings. The van der Waals surface area contributed by atoms with Gasteiger partial charge in [-0.1, -0.05) is 12.1 Å². The summed E-state index contributed by atoms with van der Waals surface area (Å²) in [6.07, 6.45) is 1.59. The summed E-state index contributed by atoms with van der Waals surface area (Å²) in [5, 5.41) is 5.90. The molecule has 0 aliphatic carbocycles. The number of pyridine rings is 1. The van der Waals surface area contributed by atoms with E-state index in [9.17, 15) is 4.79 Å². The molecule has 2 rings (SSSR count). The standard InChI is InChI=1S/C16H19N3O2/c1-11-8-15(17-2)14(10-18-11)16(20)19-9-12-4-6-13(21-3)7-5-12/h4-8,10H,9H2,1-3H3,(H,17,18)(H,19,20). The zero-order valence-corrected chi connectivity index (χ0v) is 12.4. The third-order valence-electron chi connectivity index (χ3n) is 3.17. The van der Waals surface area contributed by atoms with Crippen LogP contribution >= 0.6 is 0 Å². The minimum Gasteiger partial charge on any atom is -0.497 e. The summed E-state index contributed by atoms with van der Waals surface area (Å²) in [4.78, 5) is 16.4. The minimum absolute atomic E-state index is 0.150. The molecule has 1 aromatic carbocycles. The van der Waals surface area contributed by atoms with Crippen molar-refractivity contribution in [1.82, 2.24) is 10.3 Å². The second kappa shape index (κ2) is 6.74. The van der Waals surface area contributed by atoms with E-state index in [-0.39, 0.29) is 5.91 Å². The highest BCUT2D eigenvalue weighted by atomic mass is 16.5. The second-order valence-corrected chi connectivity index (χ2v) is 4.65. The van der Waals surface area contributed by atoms with Gasteiger partial charge < -0.3 is 15.4 Å². The van der Waals surface area contributed by atoms with Gasteiger partial charge in [0, 0.05) is 25.5 Å². The van der Waals surface area contributed by atoms with Gasteiger partial charge in [0.25, 0.3) is 5.91 Å². The predicted octanol–water partition coefficient (Wildman–Crippen LogP) is 2.37. The van der Waals surface area contributed by atoms with Crippen LogP contribution in [0.2, 0.25) is 0 Å². The molecule has 0 spiro atoms. The molecule has 0 atom stereocenters. The number of nitrogens with zero attached hydrogens (tertiary/aromatic N) is 1. The van der Waals surface area contributed by atoms with Crippen LogP contribution in [0.1, 0.15) is 21.6 Å². The quantitative estimate of drug-likeness (QED) is 0.885. The number of benzene rings is 1. The van der Waals surface area contributed by atoms with Crippen molar-refractivity contribution in [3.63, 3.8) is 0 Å². The Morgan fingerprint density at radius 3 is 2.62 bits per heavy atom. The summed E-state index contributed by atoms with van der Waals surface area (Å²) in [6, 6.07) is 9.43. The number of rotatable bonds is 5. The van der Waals surface area contributed by atoms with Crippen LogP contribution in [0.25, 0.3) is 0 Å². The molecule has 0 saturated heterocycles. The van der Waals surface area contributed by atoms with E-state index in [0.717, 1.165) is 22.7 Å². The van der Waals surface area contributed by atoms with E-state index < -0.39 is 0 Å². The molecule has 0 saturated carbocycles. The lowest BCUT2D eigenvalue weighted by atomic mass is 10.1. The third-order valence-corrected chi connectivity index (χ3v) is 3.17. The first kappa shape index (κ1) is 14.8. The highest BCUT2D eigenvalue weighted by molar-refractivity contribution is 5.99. The second-order valence-electron chi connectivity index (χ2n) is 4.65. The lowest BCUT2D eigenvalue weighted by molar-refractivity contribution is 0.0951. The van der Waals surface area contributed by atoms with Crippen molar-refractivity contribution in [3.8, 4) is 5.75 Å². The average molecular weight is 285 g/mol. The van der Waals surface area contributed by atoms with Crippen molar-refractivity contribution < 1.29 is 9.53 Å². The van der Waals surface area contributed by atoms with Gasteiger partial charge in [0.1, 0.15) is 5.75 Å². The fourth-order valence-electron chi connectivity index (χ4n) is 1.97. The van der Waals surface area contributed by atoms with E-state index in [0.29, 0.717) is 12.1 Å². The van der Waals surface area contributed by atoms with Crippen LogP contribution in [0.3, 0.4) is 0 Å². The Bertz CT molecular complexity index is 624. The molecule has 0 fully saturated rings. The van der Waals surface area contributed by atoms with Crippen LogP contribution in [-0.2, 0) is 6.54 Å². The first-order chi connectivity index (χ1) is 10.1. The summed E-state index contributed by atoms with van der Waals surface area (Å²) in [6.45, 7) is 2.35. The highest BCUT2D eigenvalue weighted by Gasteiger charge is 2.11.